The van der Waals surface area contributed by atoms with Crippen LogP contribution in [0.2, 0.25) is 0 Å². The molecule has 0 spiro atoms. The van der Waals surface area contributed by atoms with Crippen LogP contribution in [0.5, 0.6) is 0 Å². The molecule has 0 aromatic carbocycles. The molecule has 0 aliphatic rings. The first-order chi connectivity index (χ1) is 6.70. The minimum Gasteiger partial charge on any atom is -0.298 e. The van der Waals surface area contributed by atoms with Gasteiger partial charge in [-0.3, -0.25) is 9.48 Å². The smallest absolute Gasteiger partial charge is 0.153 e. The number of unbranched alkanes of at least 4 members (excludes halogenated alkanes) is 2. The fourth-order valence-corrected chi connectivity index (χ4v) is 1.61. The highest BCUT2D eigenvalue weighted by molar-refractivity contribution is 5.77. The largest absolute Gasteiger partial charge is 0.298 e. The monoisotopic (exact) mass is 194 g/mol. The fourth-order valence-electron chi connectivity index (χ4n) is 1.61. The summed E-state index contributed by atoms with van der Waals surface area (Å²) in [6.45, 7) is 6.94. The number of carbonyl (C=O) groups excluding carboxylic acids is 1. The average molecular weight is 194 g/mol. The molecule has 0 amide bonds. The van der Waals surface area contributed by atoms with Gasteiger partial charge in [-0.1, -0.05) is 19.8 Å². The Hall–Kier alpha value is -1.12. The normalized spacial score (nSPS) is 10.5. The number of hydrogen-bond acceptors (Lipinski definition) is 2. The van der Waals surface area contributed by atoms with E-state index in [9.17, 15) is 4.79 Å². The van der Waals surface area contributed by atoms with E-state index in [-0.39, 0.29) is 0 Å². The molecule has 14 heavy (non-hydrogen) atoms. The van der Waals surface area contributed by atoms with Crippen LogP contribution in [0.4, 0.5) is 0 Å². The van der Waals surface area contributed by atoms with Gasteiger partial charge in [-0.15, -0.1) is 0 Å². The van der Waals surface area contributed by atoms with E-state index in [0.29, 0.717) is 0 Å². The summed E-state index contributed by atoms with van der Waals surface area (Å²) in [5.74, 6) is 0. The zero-order chi connectivity index (χ0) is 10.6. The van der Waals surface area contributed by atoms with Gasteiger partial charge in [0.15, 0.2) is 6.29 Å². The van der Waals surface area contributed by atoms with Crippen molar-refractivity contribution in [1.29, 1.82) is 0 Å². The first kappa shape index (κ1) is 11.0. The molecular formula is C11H18N2O. The summed E-state index contributed by atoms with van der Waals surface area (Å²) in [6.07, 6.45) is 4.46. The van der Waals surface area contributed by atoms with Crippen molar-refractivity contribution in [2.75, 3.05) is 0 Å². The number of nitrogens with zero attached hydrogens (tertiary/aromatic N) is 2. The third-order valence-corrected chi connectivity index (χ3v) is 2.53. The van der Waals surface area contributed by atoms with E-state index in [1.807, 2.05) is 18.5 Å². The van der Waals surface area contributed by atoms with Gasteiger partial charge in [-0.25, -0.2) is 0 Å². The number of rotatable bonds is 5. The zero-order valence-electron chi connectivity index (χ0n) is 9.21. The van der Waals surface area contributed by atoms with Crippen molar-refractivity contribution < 1.29 is 4.79 Å². The summed E-state index contributed by atoms with van der Waals surface area (Å²) >= 11 is 0. The van der Waals surface area contributed by atoms with Crippen molar-refractivity contribution in [3.8, 4) is 0 Å². The summed E-state index contributed by atoms with van der Waals surface area (Å²) in [4.78, 5) is 10.7. The first-order valence-electron chi connectivity index (χ1n) is 5.19. The van der Waals surface area contributed by atoms with E-state index in [0.717, 1.165) is 36.2 Å². The molecule has 0 bridgehead atoms. The van der Waals surface area contributed by atoms with Crippen molar-refractivity contribution >= 4 is 6.29 Å². The molecule has 0 atom stereocenters. The van der Waals surface area contributed by atoms with E-state index in [4.69, 9.17) is 0 Å². The minimum atomic E-state index is 0.751. The predicted molar refractivity (Wildman–Crippen MR) is 56.6 cm³/mol. The molecule has 0 saturated carbocycles. The van der Waals surface area contributed by atoms with Crippen LogP contribution < -0.4 is 0 Å². The maximum atomic E-state index is 10.7. The Balaban J connectivity index is 2.73. The van der Waals surface area contributed by atoms with Crippen LogP contribution in [-0.4, -0.2) is 16.1 Å². The number of carbonyl (C=O) groups is 1. The lowest BCUT2D eigenvalue weighted by Gasteiger charge is -2.02. The van der Waals surface area contributed by atoms with Crippen LogP contribution in [0.3, 0.4) is 0 Å². The van der Waals surface area contributed by atoms with Crippen molar-refractivity contribution in [1.82, 2.24) is 9.78 Å². The Bertz CT molecular complexity index is 315. The Kier molecular flexibility index (Phi) is 3.86. The van der Waals surface area contributed by atoms with Crippen LogP contribution >= 0.6 is 0 Å². The Morgan fingerprint density at radius 2 is 2.07 bits per heavy atom. The van der Waals surface area contributed by atoms with E-state index in [1.54, 1.807) is 0 Å². The van der Waals surface area contributed by atoms with E-state index in [1.165, 1.54) is 12.8 Å². The van der Waals surface area contributed by atoms with Crippen molar-refractivity contribution in [3.05, 3.63) is 17.0 Å². The molecule has 0 unspecified atom stereocenters. The number of aromatic nitrogens is 2. The summed E-state index contributed by atoms with van der Waals surface area (Å²) in [6, 6.07) is 0. The Morgan fingerprint density at radius 1 is 1.36 bits per heavy atom. The summed E-state index contributed by atoms with van der Waals surface area (Å²) in [5, 5.41) is 4.34. The number of aldehydes is 1. The van der Waals surface area contributed by atoms with Gasteiger partial charge in [0.1, 0.15) is 0 Å². The van der Waals surface area contributed by atoms with Crippen LogP contribution in [0.15, 0.2) is 0 Å². The number of hydrogen-bond donors (Lipinski definition) is 0. The molecule has 1 aromatic rings. The maximum Gasteiger partial charge on any atom is 0.153 e. The molecule has 0 radical (unpaired) electrons. The van der Waals surface area contributed by atoms with Crippen molar-refractivity contribution in [2.24, 2.45) is 0 Å². The highest BCUT2D eigenvalue weighted by Crippen LogP contribution is 2.11. The molecule has 0 aliphatic carbocycles. The van der Waals surface area contributed by atoms with Gasteiger partial charge in [0.05, 0.1) is 11.3 Å². The summed E-state index contributed by atoms with van der Waals surface area (Å²) in [7, 11) is 0. The second kappa shape index (κ2) is 4.94. The van der Waals surface area contributed by atoms with E-state index in [2.05, 4.69) is 12.0 Å². The van der Waals surface area contributed by atoms with Gasteiger partial charge in [0.2, 0.25) is 0 Å². The molecule has 1 heterocycles. The standard InChI is InChI=1S/C11H18N2O/c1-4-5-6-7-13-10(3)11(8-14)9(2)12-13/h8H,4-7H2,1-3H3. The van der Waals surface area contributed by atoms with Crippen LogP contribution in [0, 0.1) is 13.8 Å². The molecule has 0 N–H and O–H groups in total. The molecule has 3 heteroatoms. The quantitative estimate of drug-likeness (QED) is 0.533. The Morgan fingerprint density at radius 3 is 2.57 bits per heavy atom. The summed E-state index contributed by atoms with van der Waals surface area (Å²) < 4.78 is 1.94. The molecule has 0 aliphatic heterocycles. The topological polar surface area (TPSA) is 34.9 Å². The van der Waals surface area contributed by atoms with E-state index < -0.39 is 0 Å². The molecule has 0 saturated heterocycles. The van der Waals surface area contributed by atoms with Crippen molar-refractivity contribution in [3.63, 3.8) is 0 Å². The predicted octanol–water partition coefficient (Wildman–Crippen LogP) is 2.50. The van der Waals surface area contributed by atoms with Gasteiger partial charge in [-0.2, -0.15) is 5.10 Å². The zero-order valence-corrected chi connectivity index (χ0v) is 9.21. The lowest BCUT2D eigenvalue weighted by atomic mass is 10.2. The molecule has 3 nitrogen and oxygen atoms in total. The van der Waals surface area contributed by atoms with Gasteiger partial charge >= 0.3 is 0 Å². The Labute approximate surface area is 85.1 Å². The minimum absolute atomic E-state index is 0.751. The highest BCUT2D eigenvalue weighted by Gasteiger charge is 2.09. The molecule has 0 fully saturated rings. The maximum absolute atomic E-state index is 10.7. The van der Waals surface area contributed by atoms with Gasteiger partial charge in [0.25, 0.3) is 0 Å². The lowest BCUT2D eigenvalue weighted by molar-refractivity contribution is 0.112. The van der Waals surface area contributed by atoms with E-state index >= 15 is 0 Å². The van der Waals surface area contributed by atoms with Crippen LogP contribution in [0.1, 0.15) is 47.9 Å². The second-order valence-corrected chi connectivity index (χ2v) is 3.63. The lowest BCUT2D eigenvalue weighted by Crippen LogP contribution is -2.02. The summed E-state index contributed by atoms with van der Waals surface area (Å²) in [5.41, 5.74) is 2.59. The molecule has 1 rings (SSSR count). The third kappa shape index (κ3) is 2.22. The van der Waals surface area contributed by atoms with Crippen LogP contribution in [0.25, 0.3) is 0 Å². The first-order valence-corrected chi connectivity index (χ1v) is 5.19. The average Bonchev–Trinajstić information content (AvgIpc) is 2.42. The van der Waals surface area contributed by atoms with Gasteiger partial charge < -0.3 is 0 Å². The van der Waals surface area contributed by atoms with Gasteiger partial charge in [0, 0.05) is 12.2 Å². The highest BCUT2D eigenvalue weighted by atomic mass is 16.1. The third-order valence-electron chi connectivity index (χ3n) is 2.53. The van der Waals surface area contributed by atoms with Crippen molar-refractivity contribution in [2.45, 2.75) is 46.6 Å². The van der Waals surface area contributed by atoms with Crippen LogP contribution in [-0.2, 0) is 6.54 Å². The molecule has 1 aromatic heterocycles. The number of aryl methyl sites for hydroxylation is 2. The molecule has 78 valence electrons. The second-order valence-electron chi connectivity index (χ2n) is 3.63. The fraction of sp³-hybridized carbons (Fsp3) is 0.636. The SMILES string of the molecule is CCCCCn1nc(C)c(C=O)c1C. The van der Waals surface area contributed by atoms with Gasteiger partial charge in [-0.05, 0) is 20.3 Å². The molecular weight excluding hydrogens is 176 g/mol.